The van der Waals surface area contributed by atoms with E-state index < -0.39 is 0 Å². The molecule has 0 saturated heterocycles. The van der Waals surface area contributed by atoms with Gasteiger partial charge in [0.1, 0.15) is 5.75 Å². The van der Waals surface area contributed by atoms with Crippen LogP contribution in [-0.2, 0) is 4.79 Å². The van der Waals surface area contributed by atoms with Crippen molar-refractivity contribution in [3.63, 3.8) is 0 Å². The highest BCUT2D eigenvalue weighted by Crippen LogP contribution is 2.32. The summed E-state index contributed by atoms with van der Waals surface area (Å²) in [7, 11) is 0. The Kier molecular flexibility index (Phi) is 6.23. The Morgan fingerprint density at radius 3 is 2.91 bits per heavy atom. The number of anilines is 1. The van der Waals surface area contributed by atoms with Crippen LogP contribution in [0.15, 0.2) is 23.6 Å². The number of carbonyl (C=O) groups excluding carboxylic acids is 1. The average molecular weight is 404 g/mol. The second-order valence-electron chi connectivity index (χ2n) is 5.07. The van der Waals surface area contributed by atoms with Gasteiger partial charge < -0.3 is 10.1 Å². The van der Waals surface area contributed by atoms with E-state index in [1.165, 1.54) is 11.3 Å². The number of carbonyl (C=O) groups is 1. The van der Waals surface area contributed by atoms with E-state index >= 15 is 0 Å². The van der Waals surface area contributed by atoms with Crippen LogP contribution in [0.25, 0.3) is 11.3 Å². The number of rotatable bonds is 6. The van der Waals surface area contributed by atoms with Crippen LogP contribution in [0.1, 0.15) is 13.8 Å². The first-order chi connectivity index (χ1) is 10.5. The summed E-state index contributed by atoms with van der Waals surface area (Å²) in [5.74, 6) is 0.980. The van der Waals surface area contributed by atoms with E-state index in [1.807, 2.05) is 23.6 Å². The highest BCUT2D eigenvalue weighted by Gasteiger charge is 2.10. The van der Waals surface area contributed by atoms with Crippen molar-refractivity contribution >= 4 is 49.9 Å². The summed E-state index contributed by atoms with van der Waals surface area (Å²) >= 11 is 10.7. The molecule has 0 aliphatic rings. The Hall–Kier alpha value is -1.11. The van der Waals surface area contributed by atoms with Gasteiger partial charge in [-0.15, -0.1) is 11.3 Å². The van der Waals surface area contributed by atoms with Crippen molar-refractivity contribution in [1.82, 2.24) is 4.98 Å². The number of benzene rings is 1. The fourth-order valence-electron chi connectivity index (χ4n) is 1.65. The van der Waals surface area contributed by atoms with Gasteiger partial charge in [-0.25, -0.2) is 4.98 Å². The van der Waals surface area contributed by atoms with E-state index in [-0.39, 0.29) is 11.2 Å². The van der Waals surface area contributed by atoms with Gasteiger partial charge in [0.15, 0.2) is 5.13 Å². The number of aromatic nitrogens is 1. The van der Waals surface area contributed by atoms with Gasteiger partial charge in [-0.3, -0.25) is 4.79 Å². The third-order valence-corrected chi connectivity index (χ3v) is 4.23. The molecule has 1 N–H and O–H groups in total. The second kappa shape index (κ2) is 7.94. The predicted octanol–water partition coefficient (Wildman–Crippen LogP) is 4.83. The molecule has 0 fully saturated rings. The minimum atomic E-state index is -0.128. The number of hydrogen-bond donors (Lipinski definition) is 1. The van der Waals surface area contributed by atoms with E-state index in [2.05, 4.69) is 40.1 Å². The lowest BCUT2D eigenvalue weighted by atomic mass is 10.1. The third kappa shape index (κ3) is 4.69. The topological polar surface area (TPSA) is 51.2 Å². The monoisotopic (exact) mass is 402 g/mol. The van der Waals surface area contributed by atoms with Crippen LogP contribution >= 0.6 is 38.9 Å². The van der Waals surface area contributed by atoms with Crippen molar-refractivity contribution in [1.29, 1.82) is 0 Å². The number of hydrogen-bond acceptors (Lipinski definition) is 4. The third-order valence-electron chi connectivity index (χ3n) is 2.67. The molecule has 2 aromatic rings. The lowest BCUT2D eigenvalue weighted by Gasteiger charge is -2.10. The molecule has 0 aliphatic carbocycles. The maximum atomic E-state index is 11.3. The fraction of sp³-hybridized carbons (Fsp3) is 0.333. The largest absolute Gasteiger partial charge is 0.492 e. The molecule has 0 radical (unpaired) electrons. The summed E-state index contributed by atoms with van der Waals surface area (Å²) in [5, 5.41) is 5.95. The highest BCUT2D eigenvalue weighted by atomic mass is 79.9. The number of alkyl halides is 1. The first kappa shape index (κ1) is 17.2. The van der Waals surface area contributed by atoms with E-state index in [0.717, 1.165) is 11.3 Å². The maximum Gasteiger partial charge on any atom is 0.236 e. The van der Waals surface area contributed by atoms with Crippen molar-refractivity contribution in [2.45, 2.75) is 13.8 Å². The van der Waals surface area contributed by atoms with Gasteiger partial charge in [0.05, 0.1) is 22.7 Å². The molecule has 2 rings (SSSR count). The van der Waals surface area contributed by atoms with Crippen molar-refractivity contribution in [3.05, 3.63) is 28.6 Å². The van der Waals surface area contributed by atoms with Gasteiger partial charge in [-0.2, -0.15) is 0 Å². The Morgan fingerprint density at radius 2 is 2.27 bits per heavy atom. The van der Waals surface area contributed by atoms with Gasteiger partial charge in [-0.05, 0) is 24.1 Å². The molecule has 1 amide bonds. The summed E-state index contributed by atoms with van der Waals surface area (Å²) in [6, 6.07) is 5.57. The van der Waals surface area contributed by atoms with Crippen molar-refractivity contribution in [2.75, 3.05) is 17.3 Å². The molecule has 0 unspecified atom stereocenters. The molecular formula is C15H16BrClN2O2S. The lowest BCUT2D eigenvalue weighted by Crippen LogP contribution is -2.11. The zero-order chi connectivity index (χ0) is 16.1. The second-order valence-corrected chi connectivity index (χ2v) is 6.90. The zero-order valence-electron chi connectivity index (χ0n) is 12.2. The zero-order valence-corrected chi connectivity index (χ0v) is 15.4. The molecule has 0 spiro atoms. The molecule has 0 atom stereocenters. The molecule has 0 bridgehead atoms. The summed E-state index contributed by atoms with van der Waals surface area (Å²) in [6.45, 7) is 4.79. The summed E-state index contributed by atoms with van der Waals surface area (Å²) in [4.78, 5) is 15.7. The molecule has 1 aromatic carbocycles. The van der Waals surface area contributed by atoms with Crippen LogP contribution in [0.4, 0.5) is 5.13 Å². The Morgan fingerprint density at radius 1 is 1.50 bits per heavy atom. The number of nitrogens with one attached hydrogen (secondary N) is 1. The maximum absolute atomic E-state index is 11.3. The van der Waals surface area contributed by atoms with Crippen LogP contribution in [0.3, 0.4) is 0 Å². The average Bonchev–Trinajstić information content (AvgIpc) is 2.94. The van der Waals surface area contributed by atoms with E-state index in [4.69, 9.17) is 16.3 Å². The fourth-order valence-corrected chi connectivity index (χ4v) is 2.76. The van der Waals surface area contributed by atoms with Crippen LogP contribution in [0.2, 0.25) is 5.02 Å². The lowest BCUT2D eigenvalue weighted by molar-refractivity contribution is -0.113. The van der Waals surface area contributed by atoms with E-state index in [0.29, 0.717) is 28.4 Å². The number of ether oxygens (including phenoxy) is 1. The van der Waals surface area contributed by atoms with E-state index in [1.54, 1.807) is 0 Å². The number of halogens is 2. The molecule has 118 valence electrons. The van der Waals surface area contributed by atoms with Crippen LogP contribution < -0.4 is 10.1 Å². The smallest absolute Gasteiger partial charge is 0.236 e. The molecular weight excluding hydrogens is 388 g/mol. The summed E-state index contributed by atoms with van der Waals surface area (Å²) in [5.41, 5.74) is 1.66. The van der Waals surface area contributed by atoms with Crippen LogP contribution in [0.5, 0.6) is 5.75 Å². The van der Waals surface area contributed by atoms with Crippen molar-refractivity contribution < 1.29 is 9.53 Å². The normalized spacial score (nSPS) is 10.8. The first-order valence-corrected chi connectivity index (χ1v) is 9.11. The molecule has 4 nitrogen and oxygen atoms in total. The Labute approximate surface area is 147 Å². The minimum absolute atomic E-state index is 0.128. The highest BCUT2D eigenvalue weighted by molar-refractivity contribution is 9.09. The quantitative estimate of drug-likeness (QED) is 0.703. The first-order valence-electron chi connectivity index (χ1n) is 6.73. The summed E-state index contributed by atoms with van der Waals surface area (Å²) < 4.78 is 5.65. The molecule has 7 heteroatoms. The summed E-state index contributed by atoms with van der Waals surface area (Å²) in [6.07, 6.45) is 0. The number of amides is 1. The van der Waals surface area contributed by atoms with Crippen molar-refractivity contribution in [3.8, 4) is 17.0 Å². The molecule has 0 saturated carbocycles. The SMILES string of the molecule is CC(C)COc1ccc(-c2csc(NC(=O)CBr)n2)cc1Cl. The predicted molar refractivity (Wildman–Crippen MR) is 95.3 cm³/mol. The van der Waals surface area contributed by atoms with Gasteiger partial charge >= 0.3 is 0 Å². The van der Waals surface area contributed by atoms with Crippen LogP contribution in [0, 0.1) is 5.92 Å². The minimum Gasteiger partial charge on any atom is -0.492 e. The Bertz CT molecular complexity index is 661. The molecule has 0 aliphatic heterocycles. The van der Waals surface area contributed by atoms with Crippen LogP contribution in [-0.4, -0.2) is 22.8 Å². The van der Waals surface area contributed by atoms with Gasteiger partial charge in [0.2, 0.25) is 5.91 Å². The van der Waals surface area contributed by atoms with Gasteiger partial charge in [0.25, 0.3) is 0 Å². The van der Waals surface area contributed by atoms with Gasteiger partial charge in [-0.1, -0.05) is 41.4 Å². The number of thiazole rings is 1. The Balaban J connectivity index is 2.12. The van der Waals surface area contributed by atoms with E-state index in [9.17, 15) is 4.79 Å². The standard InChI is InChI=1S/C15H16BrClN2O2S/c1-9(2)7-21-13-4-3-10(5-11(13)17)12-8-22-15(18-12)19-14(20)6-16/h3-5,8-9H,6-7H2,1-2H3,(H,18,19,20). The van der Waals surface area contributed by atoms with Gasteiger partial charge in [0, 0.05) is 10.9 Å². The van der Waals surface area contributed by atoms with Crippen molar-refractivity contribution in [2.24, 2.45) is 5.92 Å². The molecule has 1 aromatic heterocycles. The molecule has 1 heterocycles. The number of nitrogens with zero attached hydrogens (tertiary/aromatic N) is 1. The molecule has 22 heavy (non-hydrogen) atoms.